The summed E-state index contributed by atoms with van der Waals surface area (Å²) in [5.41, 5.74) is 0. The second kappa shape index (κ2) is 6.59. The van der Waals surface area contributed by atoms with Gasteiger partial charge in [-0.2, -0.15) is 23.5 Å². The van der Waals surface area contributed by atoms with Crippen LogP contribution >= 0.6 is 23.5 Å². The van der Waals surface area contributed by atoms with E-state index in [-0.39, 0.29) is 42.9 Å². The van der Waals surface area contributed by atoms with Crippen molar-refractivity contribution >= 4 is 23.5 Å². The first-order valence-electron chi connectivity index (χ1n) is 9.25. The molecule has 0 aromatic rings. The van der Waals surface area contributed by atoms with Crippen molar-refractivity contribution in [3.63, 3.8) is 0 Å². The van der Waals surface area contributed by atoms with Crippen LogP contribution in [0.15, 0.2) is 0 Å². The molecule has 0 aromatic heterocycles. The number of aliphatic hydroxyl groups excluding tert-OH is 1. The Balaban J connectivity index is 1.30. The van der Waals surface area contributed by atoms with Gasteiger partial charge in [-0.15, -0.1) is 0 Å². The first-order valence-corrected chi connectivity index (χ1v) is 11.4. The van der Waals surface area contributed by atoms with E-state index in [0.29, 0.717) is 10.5 Å². The second-order valence-corrected chi connectivity index (χ2v) is 10.3. The van der Waals surface area contributed by atoms with Gasteiger partial charge in [0.2, 0.25) is 0 Å². The molecule has 5 aliphatic rings. The van der Waals surface area contributed by atoms with Crippen LogP contribution in [0.5, 0.6) is 0 Å². The highest BCUT2D eigenvalue weighted by atomic mass is 32.2. The van der Waals surface area contributed by atoms with E-state index in [9.17, 15) is 5.11 Å². The quantitative estimate of drug-likeness (QED) is 0.793. The fourth-order valence-corrected chi connectivity index (χ4v) is 7.26. The van der Waals surface area contributed by atoms with E-state index in [0.717, 1.165) is 12.8 Å². The van der Waals surface area contributed by atoms with Gasteiger partial charge in [-0.05, 0) is 37.2 Å². The third-order valence-electron chi connectivity index (χ3n) is 6.06. The fourth-order valence-electron chi connectivity index (χ4n) is 4.75. The van der Waals surface area contributed by atoms with E-state index in [4.69, 9.17) is 18.9 Å². The smallest absolute Gasteiger partial charge is 0.170 e. The van der Waals surface area contributed by atoms with Crippen molar-refractivity contribution < 1.29 is 24.1 Å². The monoisotopic (exact) mass is 374 g/mol. The van der Waals surface area contributed by atoms with Gasteiger partial charge >= 0.3 is 0 Å². The number of fused-ring (bicyclic) bond motifs is 2. The molecule has 0 spiro atoms. The third kappa shape index (κ3) is 2.66. The molecule has 0 bridgehead atoms. The zero-order valence-electron chi connectivity index (χ0n) is 13.9. The lowest BCUT2D eigenvalue weighted by atomic mass is 9.80. The molecule has 10 atom stereocenters. The molecule has 4 aliphatic heterocycles. The molecule has 0 amide bonds. The molecule has 4 saturated heterocycles. The zero-order chi connectivity index (χ0) is 16.3. The maximum atomic E-state index is 10.9. The minimum Gasteiger partial charge on any atom is -0.387 e. The number of ether oxygens (including phenoxy) is 4. The topological polar surface area (TPSA) is 57.2 Å². The van der Waals surface area contributed by atoms with Crippen molar-refractivity contribution in [1.29, 1.82) is 0 Å². The molecule has 24 heavy (non-hydrogen) atoms. The molecule has 0 radical (unpaired) electrons. The molecule has 1 saturated carbocycles. The van der Waals surface area contributed by atoms with Crippen LogP contribution in [0.4, 0.5) is 0 Å². The maximum Gasteiger partial charge on any atom is 0.170 e. The highest BCUT2D eigenvalue weighted by Gasteiger charge is 2.60. The second-order valence-electron chi connectivity index (χ2n) is 7.59. The number of hydrogen-bond donors (Lipinski definition) is 1. The van der Waals surface area contributed by atoms with Crippen LogP contribution < -0.4 is 0 Å². The van der Waals surface area contributed by atoms with Gasteiger partial charge in [-0.3, -0.25) is 0 Å². The highest BCUT2D eigenvalue weighted by molar-refractivity contribution is 8.00. The van der Waals surface area contributed by atoms with Gasteiger partial charge in [-0.25, -0.2) is 0 Å². The lowest BCUT2D eigenvalue weighted by molar-refractivity contribution is -0.130. The summed E-state index contributed by atoms with van der Waals surface area (Å²) in [5, 5.41) is 11.7. The lowest BCUT2D eigenvalue weighted by Crippen LogP contribution is -2.57. The average molecular weight is 375 g/mol. The minimum atomic E-state index is -0.663. The predicted molar refractivity (Wildman–Crippen MR) is 93.2 cm³/mol. The summed E-state index contributed by atoms with van der Waals surface area (Å²) in [6.07, 6.45) is 2.93. The summed E-state index contributed by atoms with van der Waals surface area (Å²) in [7, 11) is 0. The first kappa shape index (κ1) is 16.7. The fraction of sp³-hybridized carbons (Fsp3) is 1.00. The van der Waals surface area contributed by atoms with Gasteiger partial charge in [-0.1, -0.05) is 6.92 Å². The van der Waals surface area contributed by atoms with E-state index in [1.165, 1.54) is 24.3 Å². The molecule has 1 aliphatic carbocycles. The molecule has 5 fully saturated rings. The number of hydrogen-bond acceptors (Lipinski definition) is 7. The van der Waals surface area contributed by atoms with E-state index in [1.54, 1.807) is 0 Å². The van der Waals surface area contributed by atoms with E-state index in [1.807, 2.05) is 23.5 Å². The zero-order valence-corrected chi connectivity index (χ0v) is 15.5. The van der Waals surface area contributed by atoms with Crippen LogP contribution in [-0.2, 0) is 18.9 Å². The average Bonchev–Trinajstić information content (AvgIpc) is 3.39. The Bertz CT molecular complexity index is 402. The number of rotatable bonds is 2. The van der Waals surface area contributed by atoms with Crippen LogP contribution in [0, 0.1) is 5.92 Å². The Hall–Kier alpha value is 0.500. The minimum absolute atomic E-state index is 0.0916. The molecule has 1 N–H and O–H groups in total. The highest BCUT2D eigenvalue weighted by Crippen LogP contribution is 2.46. The van der Waals surface area contributed by atoms with Crippen molar-refractivity contribution in [2.45, 2.75) is 86.2 Å². The summed E-state index contributed by atoms with van der Waals surface area (Å²) >= 11 is 3.86. The van der Waals surface area contributed by atoms with Gasteiger partial charge in [0.15, 0.2) is 12.6 Å². The van der Waals surface area contributed by atoms with Gasteiger partial charge in [0.1, 0.15) is 18.3 Å². The summed E-state index contributed by atoms with van der Waals surface area (Å²) < 4.78 is 24.8. The molecule has 5 nitrogen and oxygen atoms in total. The van der Waals surface area contributed by atoms with Crippen molar-refractivity contribution in [3.8, 4) is 0 Å². The third-order valence-corrected chi connectivity index (χ3v) is 8.88. The summed E-state index contributed by atoms with van der Waals surface area (Å²) in [6.45, 7) is 2.16. The molecular weight excluding hydrogens is 348 g/mol. The van der Waals surface area contributed by atoms with Crippen LogP contribution in [0.1, 0.15) is 32.6 Å². The van der Waals surface area contributed by atoms with E-state index in [2.05, 4.69) is 6.92 Å². The largest absolute Gasteiger partial charge is 0.387 e. The Kier molecular flexibility index (Phi) is 4.57. The number of aliphatic hydroxyl groups is 1. The summed E-state index contributed by atoms with van der Waals surface area (Å²) in [6, 6.07) is 0. The summed E-state index contributed by atoms with van der Waals surface area (Å²) in [5.74, 6) is 2.54. The molecule has 4 heterocycles. The van der Waals surface area contributed by atoms with Crippen LogP contribution in [0.3, 0.4) is 0 Å². The molecule has 4 unspecified atom stereocenters. The van der Waals surface area contributed by atoms with Gasteiger partial charge in [0.05, 0.1) is 22.7 Å². The van der Waals surface area contributed by atoms with Gasteiger partial charge in [0.25, 0.3) is 0 Å². The van der Waals surface area contributed by atoms with Crippen LogP contribution in [0.25, 0.3) is 0 Å². The lowest BCUT2D eigenvalue weighted by Gasteiger charge is -2.39. The number of thioether (sulfide) groups is 2. The van der Waals surface area contributed by atoms with Crippen molar-refractivity contribution in [3.05, 3.63) is 0 Å². The Morgan fingerprint density at radius 3 is 1.62 bits per heavy atom. The molecule has 136 valence electrons. The van der Waals surface area contributed by atoms with Crippen molar-refractivity contribution in [2.24, 2.45) is 5.92 Å². The normalized spacial score (nSPS) is 57.2. The van der Waals surface area contributed by atoms with Crippen LogP contribution in [-0.4, -0.2) is 70.2 Å². The SMILES string of the molecule is C[C@@H]1[C@H]2OC(C3CCCS3)O[C@H]2[C@@H](O)[C@@H]2OC(C3CCCS3)O[C@@H]12. The molecular formula is C17H26O5S2. The Labute approximate surface area is 151 Å². The molecule has 7 heteroatoms. The maximum absolute atomic E-state index is 10.9. The summed E-state index contributed by atoms with van der Waals surface area (Å²) in [4.78, 5) is 0. The standard InChI is InChI=1S/C17H26O5S2/c1-8-12-14(21-16(19-12)9-4-2-6-23-9)11(18)15-13(8)20-17(22-15)10-5-3-7-24-10/h8-18H,2-7H2,1H3/t8-,9?,10?,11-,12-,13+,14-,15-,16?,17?/m0/s1. The van der Waals surface area contributed by atoms with Crippen LogP contribution in [0.2, 0.25) is 0 Å². The Morgan fingerprint density at radius 1 is 0.750 bits per heavy atom. The predicted octanol–water partition coefficient (Wildman–Crippen LogP) is 2.01. The van der Waals surface area contributed by atoms with Gasteiger partial charge < -0.3 is 24.1 Å². The van der Waals surface area contributed by atoms with Crippen molar-refractivity contribution in [2.75, 3.05) is 11.5 Å². The first-order chi connectivity index (χ1) is 11.7. The Morgan fingerprint density at radius 2 is 1.21 bits per heavy atom. The molecule has 0 aromatic carbocycles. The van der Waals surface area contributed by atoms with E-state index >= 15 is 0 Å². The van der Waals surface area contributed by atoms with Gasteiger partial charge in [0, 0.05) is 5.92 Å². The van der Waals surface area contributed by atoms with Crippen molar-refractivity contribution in [1.82, 2.24) is 0 Å². The van der Waals surface area contributed by atoms with E-state index < -0.39 is 6.10 Å². The molecule has 5 rings (SSSR count).